The monoisotopic (exact) mass is 718 g/mol. The minimum atomic E-state index is -3.49. The van der Waals surface area contributed by atoms with Crippen molar-refractivity contribution in [1.29, 1.82) is 0 Å². The van der Waals surface area contributed by atoms with E-state index in [1.165, 1.54) is 62.8 Å². The van der Waals surface area contributed by atoms with Gasteiger partial charge in [-0.1, -0.05) is 51.0 Å². The highest BCUT2D eigenvalue weighted by molar-refractivity contribution is 7.91. The van der Waals surface area contributed by atoms with Gasteiger partial charge in [-0.05, 0) is 105 Å². The van der Waals surface area contributed by atoms with Crippen LogP contribution in [-0.4, -0.2) is 69.5 Å². The SMILES string of the molecule is CCCCC1(CC)CS(=O)(=O)c2ccc(N(C)C)cc2C(c2cccc(NC(=S)CCCCC[N+]34CCC(CC3)CC4)c2)N1.[Br-]. The minimum absolute atomic E-state index is 0. The van der Waals surface area contributed by atoms with Gasteiger partial charge in [-0.3, -0.25) is 5.32 Å². The zero-order chi connectivity index (χ0) is 31.4. The predicted molar refractivity (Wildman–Crippen MR) is 189 cm³/mol. The van der Waals surface area contributed by atoms with E-state index in [2.05, 4.69) is 54.8 Å². The lowest BCUT2D eigenvalue weighted by atomic mass is 9.85. The number of unbranched alkanes of at least 4 members (excludes halogenated alkanes) is 3. The lowest BCUT2D eigenvalue weighted by Crippen LogP contribution is -3.00. The number of piperidine rings is 3. The molecule has 2 aromatic rings. The van der Waals surface area contributed by atoms with Crippen LogP contribution in [0.25, 0.3) is 0 Å². The van der Waals surface area contributed by atoms with Crippen LogP contribution in [0.4, 0.5) is 11.4 Å². The number of hydrogen-bond acceptors (Lipinski definition) is 5. The number of anilines is 2. The molecule has 0 amide bonds. The van der Waals surface area contributed by atoms with Crippen LogP contribution in [0, 0.1) is 5.92 Å². The summed E-state index contributed by atoms with van der Waals surface area (Å²) in [6.45, 7) is 9.84. The fourth-order valence-corrected chi connectivity index (χ4v) is 10.3. The van der Waals surface area contributed by atoms with Crippen molar-refractivity contribution in [2.75, 3.05) is 56.2 Å². The van der Waals surface area contributed by atoms with Gasteiger partial charge in [0.05, 0.1) is 47.9 Å². The van der Waals surface area contributed by atoms with Crippen LogP contribution in [0.1, 0.15) is 102 Å². The first-order valence-electron chi connectivity index (χ1n) is 17.1. The quantitative estimate of drug-likeness (QED) is 0.181. The largest absolute Gasteiger partial charge is 1.00 e. The number of rotatable bonds is 13. The Morgan fingerprint density at radius 1 is 1.02 bits per heavy atom. The number of benzene rings is 2. The number of fused-ring (bicyclic) bond motifs is 4. The molecule has 3 saturated heterocycles. The van der Waals surface area contributed by atoms with Crippen molar-refractivity contribution in [1.82, 2.24) is 5.32 Å². The average molecular weight is 720 g/mol. The minimum Gasteiger partial charge on any atom is -1.00 e. The van der Waals surface area contributed by atoms with Crippen molar-refractivity contribution in [3.63, 3.8) is 0 Å². The lowest BCUT2D eigenvalue weighted by molar-refractivity contribution is -0.942. The Hall–Kier alpha value is -1.52. The van der Waals surface area contributed by atoms with Crippen LogP contribution < -0.4 is 32.5 Å². The van der Waals surface area contributed by atoms with Gasteiger partial charge >= 0.3 is 0 Å². The smallest absolute Gasteiger partial charge is 0.180 e. The number of nitrogens with one attached hydrogen (secondary N) is 2. The van der Waals surface area contributed by atoms with E-state index in [4.69, 9.17) is 12.2 Å². The van der Waals surface area contributed by atoms with Crippen LogP contribution in [0.2, 0.25) is 0 Å². The number of quaternary nitrogens is 1. The van der Waals surface area contributed by atoms with Crippen LogP contribution in [0.15, 0.2) is 47.4 Å². The molecule has 9 heteroatoms. The van der Waals surface area contributed by atoms with Gasteiger partial charge in [0.1, 0.15) is 0 Å². The first kappa shape index (κ1) is 36.3. The second-order valence-electron chi connectivity index (χ2n) is 14.1. The molecule has 2 unspecified atom stereocenters. The molecule has 0 radical (unpaired) electrons. The molecular formula is C36H55BrN4O2S2. The Morgan fingerprint density at radius 3 is 2.42 bits per heavy atom. The molecule has 6 nitrogen and oxygen atoms in total. The van der Waals surface area contributed by atoms with Crippen molar-refractivity contribution in [2.45, 2.75) is 101 Å². The van der Waals surface area contributed by atoms with E-state index in [0.29, 0.717) is 4.90 Å². The van der Waals surface area contributed by atoms with Gasteiger partial charge in [-0.2, -0.15) is 0 Å². The Kier molecular flexibility index (Phi) is 12.6. The van der Waals surface area contributed by atoms with Gasteiger partial charge in [0.25, 0.3) is 0 Å². The molecule has 4 aliphatic heterocycles. The zero-order valence-electron chi connectivity index (χ0n) is 27.9. The molecule has 2 bridgehead atoms. The highest BCUT2D eigenvalue weighted by Gasteiger charge is 2.42. The molecule has 0 aromatic heterocycles. The van der Waals surface area contributed by atoms with Crippen LogP contribution in [-0.2, 0) is 9.84 Å². The fraction of sp³-hybridized carbons (Fsp3) is 0.639. The van der Waals surface area contributed by atoms with Crippen molar-refractivity contribution in [2.24, 2.45) is 5.92 Å². The van der Waals surface area contributed by atoms with E-state index >= 15 is 0 Å². The van der Waals surface area contributed by atoms with Crippen LogP contribution in [0.3, 0.4) is 0 Å². The van der Waals surface area contributed by atoms with E-state index in [1.807, 2.05) is 31.1 Å². The normalized spacial score (nSPS) is 26.8. The zero-order valence-corrected chi connectivity index (χ0v) is 31.1. The fourth-order valence-electron chi connectivity index (χ4n) is 7.90. The van der Waals surface area contributed by atoms with E-state index in [1.54, 1.807) is 0 Å². The maximum Gasteiger partial charge on any atom is 0.180 e. The Morgan fingerprint density at radius 2 is 1.76 bits per heavy atom. The molecule has 45 heavy (non-hydrogen) atoms. The summed E-state index contributed by atoms with van der Waals surface area (Å²) in [6.07, 6.45) is 12.5. The number of halogens is 1. The van der Waals surface area contributed by atoms with E-state index in [9.17, 15) is 8.42 Å². The highest BCUT2D eigenvalue weighted by atomic mass is 79.9. The van der Waals surface area contributed by atoms with E-state index < -0.39 is 15.4 Å². The second kappa shape index (κ2) is 15.6. The van der Waals surface area contributed by atoms with Crippen molar-refractivity contribution < 1.29 is 29.9 Å². The predicted octanol–water partition coefficient (Wildman–Crippen LogP) is 4.49. The third kappa shape index (κ3) is 8.69. The Balaban J connectivity index is 0.00000461. The Bertz CT molecular complexity index is 1390. The topological polar surface area (TPSA) is 61.4 Å². The number of thiocarbonyl (C=S) groups is 1. The summed E-state index contributed by atoms with van der Waals surface area (Å²) in [6, 6.07) is 14.0. The van der Waals surface area contributed by atoms with Gasteiger partial charge in [-0.15, -0.1) is 0 Å². The van der Waals surface area contributed by atoms with Crippen LogP contribution >= 0.6 is 12.2 Å². The molecule has 3 fully saturated rings. The first-order chi connectivity index (χ1) is 21.1. The second-order valence-corrected chi connectivity index (χ2v) is 16.6. The summed E-state index contributed by atoms with van der Waals surface area (Å²) in [5.74, 6) is 1.13. The van der Waals surface area contributed by atoms with Crippen molar-refractivity contribution in [3.05, 3.63) is 53.6 Å². The number of hydrogen-bond donors (Lipinski definition) is 2. The summed E-state index contributed by atoms with van der Waals surface area (Å²) < 4.78 is 29.2. The van der Waals surface area contributed by atoms with Crippen LogP contribution in [0.5, 0.6) is 0 Å². The van der Waals surface area contributed by atoms with E-state index in [-0.39, 0.29) is 28.8 Å². The van der Waals surface area contributed by atoms with Crippen molar-refractivity contribution >= 4 is 38.4 Å². The van der Waals surface area contributed by atoms with E-state index in [0.717, 1.165) is 71.9 Å². The molecule has 6 rings (SSSR count). The summed E-state index contributed by atoms with van der Waals surface area (Å²) in [4.78, 5) is 3.36. The van der Waals surface area contributed by atoms with Gasteiger partial charge < -0.3 is 31.7 Å². The van der Waals surface area contributed by atoms with Gasteiger partial charge in [0, 0.05) is 31.0 Å². The third-order valence-corrected chi connectivity index (χ3v) is 13.1. The van der Waals surface area contributed by atoms with Crippen molar-refractivity contribution in [3.8, 4) is 0 Å². The summed E-state index contributed by atoms with van der Waals surface area (Å²) in [5, 5.41) is 7.43. The van der Waals surface area contributed by atoms with Gasteiger partial charge in [0.15, 0.2) is 9.84 Å². The van der Waals surface area contributed by atoms with Gasteiger partial charge in [-0.25, -0.2) is 8.42 Å². The third-order valence-electron chi connectivity index (χ3n) is 10.8. The lowest BCUT2D eigenvalue weighted by Gasteiger charge is -2.49. The molecule has 4 heterocycles. The Labute approximate surface area is 289 Å². The summed E-state index contributed by atoms with van der Waals surface area (Å²) in [7, 11) is 0.509. The standard InChI is InChI=1S/C36H54N4O2S2.BrH/c1-5-7-20-36(6-2)27-44(41,42)33-16-15-31(39(3)4)26-32(33)35(38-36)29-12-11-13-30(25-29)37-34(43)14-9-8-10-21-40-22-17-28(18-23-40)19-24-40;/h11-13,15-16,25-26,28,35,38H,5-10,14,17-24,27H2,1-4H3;1H. The molecule has 0 spiro atoms. The molecule has 0 aliphatic carbocycles. The average Bonchev–Trinajstić information content (AvgIpc) is 3.12. The maximum absolute atomic E-state index is 13.9. The molecule has 2 atom stereocenters. The number of nitrogens with zero attached hydrogens (tertiary/aromatic N) is 2. The molecule has 2 aromatic carbocycles. The van der Waals surface area contributed by atoms with Gasteiger partial charge in [0.2, 0.25) is 0 Å². The highest BCUT2D eigenvalue weighted by Crippen LogP contribution is 2.40. The number of sulfone groups is 1. The molecule has 0 saturated carbocycles. The first-order valence-corrected chi connectivity index (χ1v) is 19.2. The molecular weight excluding hydrogens is 664 g/mol. The maximum atomic E-state index is 13.9. The summed E-state index contributed by atoms with van der Waals surface area (Å²) >= 11 is 5.81. The summed E-state index contributed by atoms with van der Waals surface area (Å²) in [5.41, 5.74) is 3.35. The molecule has 2 N–H and O–H groups in total. The molecule has 4 aliphatic rings. The molecule has 250 valence electrons.